The number of allylic oxidation sites excluding steroid dienone is 2. The van der Waals surface area contributed by atoms with E-state index in [0.29, 0.717) is 88.2 Å². The number of piperidine rings is 2. The number of carbonyl (C=O) groups is 4. The summed E-state index contributed by atoms with van der Waals surface area (Å²) in [7, 11) is 2.17. The van der Waals surface area contributed by atoms with Crippen molar-refractivity contribution < 1.29 is 28.7 Å². The fraction of sp³-hybridized carbons (Fsp3) is 0.560. The summed E-state index contributed by atoms with van der Waals surface area (Å²) < 4.78 is 15.0. The van der Waals surface area contributed by atoms with Crippen LogP contribution in [0.4, 0.5) is 4.79 Å². The highest BCUT2D eigenvalue weighted by Gasteiger charge is 2.52. The van der Waals surface area contributed by atoms with Gasteiger partial charge in [0, 0.05) is 68.9 Å². The topological polar surface area (TPSA) is 152 Å². The number of aromatic nitrogens is 3. The third-order valence-electron chi connectivity index (χ3n) is 15.4. The SMILES string of the molecule is Cc1cc2cc3cn(nc13)COC(=O)C1(C/C=C\CC3(CC3)C(=O)OCn3c(=O)c(cc4ccccc43)C3CCN(CC3)C(=O)N[C@@H](C(=O)N3CCN(C4CCN(C)CC4)CC3)C2)CC1. The highest BCUT2D eigenvalue weighted by molar-refractivity contribution is 5.88. The first-order chi connectivity index (χ1) is 31.5. The lowest BCUT2D eigenvalue weighted by Gasteiger charge is -2.43. The molecule has 0 unspecified atom stereocenters. The first kappa shape index (κ1) is 43.4. The summed E-state index contributed by atoms with van der Waals surface area (Å²) >= 11 is 0. The lowest BCUT2D eigenvalue weighted by atomic mass is 9.89. The number of ether oxygens (including phenoxy) is 2. The molecular weight excluding hydrogens is 825 g/mol. The van der Waals surface area contributed by atoms with Crippen LogP contribution in [0.2, 0.25) is 0 Å². The second-order valence-corrected chi connectivity index (χ2v) is 19.8. The Balaban J connectivity index is 0.920. The minimum absolute atomic E-state index is 0.0264. The summed E-state index contributed by atoms with van der Waals surface area (Å²) in [6.45, 7) is 7.59. The van der Waals surface area contributed by atoms with Gasteiger partial charge in [-0.2, -0.15) is 5.10 Å². The predicted octanol–water partition coefficient (Wildman–Crippen LogP) is 5.31. The largest absolute Gasteiger partial charge is 0.443 e. The van der Waals surface area contributed by atoms with Gasteiger partial charge in [-0.05, 0) is 132 Å². The summed E-state index contributed by atoms with van der Waals surface area (Å²) in [6.07, 6.45) is 13.5. The van der Waals surface area contributed by atoms with E-state index in [1.165, 1.54) is 0 Å². The van der Waals surface area contributed by atoms with E-state index in [1.807, 2.05) is 72.6 Å². The fourth-order valence-corrected chi connectivity index (χ4v) is 10.8. The van der Waals surface area contributed by atoms with Gasteiger partial charge in [-0.15, -0.1) is 0 Å². The van der Waals surface area contributed by atoms with E-state index in [1.54, 1.807) is 14.1 Å². The molecule has 3 saturated heterocycles. The number of hydrogen-bond donors (Lipinski definition) is 1. The fourth-order valence-electron chi connectivity index (χ4n) is 10.8. The molecule has 0 radical (unpaired) electrons. The number of benzene rings is 2. The van der Waals surface area contributed by atoms with E-state index < -0.39 is 16.9 Å². The second kappa shape index (κ2) is 17.7. The average Bonchev–Trinajstić information content (AvgIpc) is 4.25. The molecule has 65 heavy (non-hydrogen) atoms. The number of aryl methyl sites for hydroxylation is 1. The quantitative estimate of drug-likeness (QED) is 0.207. The zero-order valence-corrected chi connectivity index (χ0v) is 37.8. The average molecular weight is 887 g/mol. The van der Waals surface area contributed by atoms with Crippen molar-refractivity contribution in [2.24, 2.45) is 10.8 Å². The molecular formula is C50H62N8O7. The van der Waals surface area contributed by atoms with E-state index in [4.69, 9.17) is 14.6 Å². The van der Waals surface area contributed by atoms with Gasteiger partial charge in [0.2, 0.25) is 5.91 Å². The third-order valence-corrected chi connectivity index (χ3v) is 15.4. The van der Waals surface area contributed by atoms with Crippen molar-refractivity contribution in [3.05, 3.63) is 87.9 Å². The van der Waals surface area contributed by atoms with Crippen LogP contribution in [-0.4, -0.2) is 129 Å². The molecule has 2 aromatic carbocycles. The maximum absolute atomic E-state index is 14.6. The van der Waals surface area contributed by atoms with Gasteiger partial charge in [0.05, 0.1) is 21.9 Å². The maximum atomic E-state index is 14.6. The van der Waals surface area contributed by atoms with Gasteiger partial charge in [-0.25, -0.2) is 9.48 Å². The van der Waals surface area contributed by atoms with Crippen molar-refractivity contribution in [1.82, 2.24) is 39.3 Å². The minimum Gasteiger partial charge on any atom is -0.443 e. The normalized spacial score (nSPS) is 24.6. The zero-order chi connectivity index (χ0) is 44.9. The molecule has 11 rings (SSSR count). The number of amides is 3. The summed E-state index contributed by atoms with van der Waals surface area (Å²) in [6, 6.07) is 13.1. The molecule has 7 bridgehead atoms. The third kappa shape index (κ3) is 8.93. The first-order valence-electron chi connectivity index (χ1n) is 23.8. The van der Waals surface area contributed by atoms with Crippen molar-refractivity contribution in [2.75, 3.05) is 59.4 Å². The van der Waals surface area contributed by atoms with Crippen LogP contribution in [0, 0.1) is 17.8 Å². The smallest absolute Gasteiger partial charge is 0.318 e. The lowest BCUT2D eigenvalue weighted by Crippen LogP contribution is -2.59. The van der Waals surface area contributed by atoms with Crippen molar-refractivity contribution in [3.63, 3.8) is 0 Å². The summed E-state index contributed by atoms with van der Waals surface area (Å²) in [5, 5.41) is 9.68. The van der Waals surface area contributed by atoms with Gasteiger partial charge in [0.25, 0.3) is 5.56 Å². The Labute approximate surface area is 379 Å². The number of hydrogen-bond acceptors (Lipinski definition) is 10. The van der Waals surface area contributed by atoms with E-state index in [-0.39, 0.29) is 48.8 Å². The second-order valence-electron chi connectivity index (χ2n) is 19.8. The predicted molar refractivity (Wildman–Crippen MR) is 245 cm³/mol. The minimum atomic E-state index is -0.802. The molecule has 5 aliphatic heterocycles. The number of piperazine rings is 1. The number of pyridine rings is 1. The Morgan fingerprint density at radius 1 is 0.769 bits per heavy atom. The first-order valence-corrected chi connectivity index (χ1v) is 23.8. The standard InChI is InChI=1S/C50H62N8O7/c1-34-27-35-28-38-31-57(52-43(34)38)32-64-46(61)49(15-16-49)13-5-6-14-50(17-18-50)47(62)65-33-58-42-8-4-3-7-37(42)30-40(44(58)59)36-9-21-56(22-10-36)48(63)51-41(29-35)45(60)55-25-23-54(24-26-55)39-11-19-53(2)20-12-39/h3-8,27-28,30-31,36,39,41H,9-26,29,32-33H2,1-2H3,(H,51,63)/b6-5-/t41-/m1/s1. The zero-order valence-electron chi connectivity index (χ0n) is 37.8. The number of esters is 2. The number of likely N-dealkylation sites (tertiary alicyclic amines) is 1. The van der Waals surface area contributed by atoms with E-state index in [2.05, 4.69) is 22.2 Å². The Morgan fingerprint density at radius 3 is 2.11 bits per heavy atom. The molecule has 15 nitrogen and oxygen atoms in total. The van der Waals surface area contributed by atoms with Crippen LogP contribution in [0.15, 0.2) is 65.6 Å². The van der Waals surface area contributed by atoms with Crippen molar-refractivity contribution in [1.29, 1.82) is 0 Å². The molecule has 3 amide bonds. The van der Waals surface area contributed by atoms with Crippen molar-refractivity contribution >= 4 is 45.7 Å². The molecule has 344 valence electrons. The molecule has 7 heterocycles. The Hall–Kier alpha value is -5.54. The maximum Gasteiger partial charge on any atom is 0.318 e. The van der Waals surface area contributed by atoms with Gasteiger partial charge < -0.3 is 29.5 Å². The monoisotopic (exact) mass is 886 g/mol. The van der Waals surface area contributed by atoms with Crippen LogP contribution in [0.5, 0.6) is 0 Å². The molecule has 2 saturated carbocycles. The molecule has 15 heteroatoms. The van der Waals surface area contributed by atoms with Crippen molar-refractivity contribution in [3.8, 4) is 0 Å². The number of fused-ring (bicyclic) bond motifs is 12. The van der Waals surface area contributed by atoms with Gasteiger partial charge in [-0.3, -0.25) is 28.6 Å². The van der Waals surface area contributed by atoms with Crippen molar-refractivity contribution in [2.45, 2.75) is 109 Å². The number of urea groups is 1. The van der Waals surface area contributed by atoms with Crippen LogP contribution in [0.25, 0.3) is 21.8 Å². The number of nitrogens with one attached hydrogen (secondary N) is 1. The van der Waals surface area contributed by atoms with Crippen LogP contribution >= 0.6 is 0 Å². The molecule has 2 spiro atoms. The molecule has 2 aliphatic carbocycles. The Bertz CT molecular complexity index is 2570. The van der Waals surface area contributed by atoms with Crippen LogP contribution in [0.1, 0.15) is 86.8 Å². The molecule has 1 atom stereocenters. The Kier molecular flexibility index (Phi) is 11.8. The van der Waals surface area contributed by atoms with Gasteiger partial charge >= 0.3 is 18.0 Å². The summed E-state index contributed by atoms with van der Waals surface area (Å²) in [5.41, 5.74) is 2.53. The highest BCUT2D eigenvalue weighted by Crippen LogP contribution is 2.52. The number of nitrogens with zero attached hydrogens (tertiary/aromatic N) is 7. The van der Waals surface area contributed by atoms with E-state index in [9.17, 15) is 24.0 Å². The number of carbonyl (C=O) groups excluding carboxylic acids is 4. The summed E-state index contributed by atoms with van der Waals surface area (Å²) in [5.74, 6) is -0.783. The Morgan fingerprint density at radius 2 is 1.43 bits per heavy atom. The molecule has 4 aromatic rings. The molecule has 2 aromatic heterocycles. The molecule has 7 aliphatic rings. The van der Waals surface area contributed by atoms with E-state index >= 15 is 0 Å². The number of para-hydroxylation sites is 1. The van der Waals surface area contributed by atoms with Gasteiger partial charge in [0.15, 0.2) is 13.5 Å². The van der Waals surface area contributed by atoms with Gasteiger partial charge in [0.1, 0.15) is 6.04 Å². The lowest BCUT2D eigenvalue weighted by molar-refractivity contribution is -0.155. The number of rotatable bonds is 2. The van der Waals surface area contributed by atoms with Crippen LogP contribution < -0.4 is 10.9 Å². The molecule has 5 fully saturated rings. The van der Waals surface area contributed by atoms with Crippen LogP contribution in [0.3, 0.4) is 0 Å². The highest BCUT2D eigenvalue weighted by atomic mass is 16.5. The summed E-state index contributed by atoms with van der Waals surface area (Å²) in [4.78, 5) is 78.8. The van der Waals surface area contributed by atoms with E-state index in [0.717, 1.165) is 79.3 Å². The van der Waals surface area contributed by atoms with Gasteiger partial charge in [-0.1, -0.05) is 36.4 Å². The van der Waals surface area contributed by atoms with Crippen LogP contribution in [-0.2, 0) is 43.7 Å². The molecule has 1 N–H and O–H groups in total.